The number of pyridine rings is 1. The van der Waals surface area contributed by atoms with Gasteiger partial charge in [0.05, 0.1) is 0 Å². The molecule has 3 rings (SSSR count). The number of nitrogens with zero attached hydrogens (tertiary/aromatic N) is 1. The van der Waals surface area contributed by atoms with Crippen molar-refractivity contribution < 1.29 is 4.74 Å². The van der Waals surface area contributed by atoms with Crippen molar-refractivity contribution in [3.05, 3.63) is 84.7 Å². The van der Waals surface area contributed by atoms with E-state index in [1.54, 1.807) is 12.4 Å². The van der Waals surface area contributed by atoms with E-state index in [4.69, 9.17) is 4.74 Å². The summed E-state index contributed by atoms with van der Waals surface area (Å²) < 4.78 is 5.77. The quantitative estimate of drug-likeness (QED) is 0.697. The second kappa shape index (κ2) is 6.02. The van der Waals surface area contributed by atoms with Gasteiger partial charge in [-0.2, -0.15) is 0 Å². The van der Waals surface area contributed by atoms with Gasteiger partial charge in [0, 0.05) is 12.4 Å². The van der Waals surface area contributed by atoms with E-state index in [0.29, 0.717) is 6.61 Å². The van der Waals surface area contributed by atoms with Crippen LogP contribution in [0.5, 0.6) is 5.75 Å². The van der Waals surface area contributed by atoms with Gasteiger partial charge in [-0.25, -0.2) is 0 Å². The Morgan fingerprint density at radius 3 is 2.05 bits per heavy atom. The molecule has 2 nitrogen and oxygen atoms in total. The molecule has 0 fully saturated rings. The van der Waals surface area contributed by atoms with Gasteiger partial charge in [0.1, 0.15) is 12.4 Å². The van der Waals surface area contributed by atoms with Gasteiger partial charge in [-0.3, -0.25) is 4.98 Å². The van der Waals surface area contributed by atoms with E-state index in [2.05, 4.69) is 29.2 Å². The first kappa shape index (κ1) is 12.4. The number of benzene rings is 2. The maximum atomic E-state index is 5.77. The van der Waals surface area contributed by atoms with Gasteiger partial charge in [0.2, 0.25) is 0 Å². The Morgan fingerprint density at radius 1 is 0.700 bits per heavy atom. The first-order valence-corrected chi connectivity index (χ1v) is 6.59. The fraction of sp³-hybridized carbons (Fsp3) is 0.0556. The SMILES string of the molecule is c1ccc(COc2ccc(-c3ccncc3)cc2)cc1. The Labute approximate surface area is 118 Å². The molecule has 0 radical (unpaired) electrons. The van der Waals surface area contributed by atoms with E-state index in [0.717, 1.165) is 11.3 Å². The molecule has 3 aromatic rings. The van der Waals surface area contributed by atoms with E-state index >= 15 is 0 Å². The van der Waals surface area contributed by atoms with Crippen LogP contribution in [0.4, 0.5) is 0 Å². The van der Waals surface area contributed by atoms with Crippen molar-refractivity contribution in [1.82, 2.24) is 4.98 Å². The van der Waals surface area contributed by atoms with E-state index in [1.807, 2.05) is 42.5 Å². The smallest absolute Gasteiger partial charge is 0.119 e. The fourth-order valence-electron chi connectivity index (χ4n) is 2.03. The average Bonchev–Trinajstić information content (AvgIpc) is 2.55. The molecule has 0 unspecified atom stereocenters. The molecule has 0 aliphatic rings. The fourth-order valence-corrected chi connectivity index (χ4v) is 2.03. The van der Waals surface area contributed by atoms with Crippen LogP contribution in [0, 0.1) is 0 Å². The average molecular weight is 261 g/mol. The minimum Gasteiger partial charge on any atom is -0.489 e. The molecule has 98 valence electrons. The summed E-state index contributed by atoms with van der Waals surface area (Å²) in [5.74, 6) is 0.881. The van der Waals surface area contributed by atoms with Crippen LogP contribution in [0.25, 0.3) is 11.1 Å². The van der Waals surface area contributed by atoms with Gasteiger partial charge in [0.25, 0.3) is 0 Å². The summed E-state index contributed by atoms with van der Waals surface area (Å²) in [6.07, 6.45) is 3.60. The van der Waals surface area contributed by atoms with Gasteiger partial charge in [-0.15, -0.1) is 0 Å². The molecule has 1 heterocycles. The summed E-state index contributed by atoms with van der Waals surface area (Å²) in [5.41, 5.74) is 3.50. The lowest BCUT2D eigenvalue weighted by atomic mass is 10.1. The molecule has 0 aliphatic carbocycles. The van der Waals surface area contributed by atoms with Crippen molar-refractivity contribution >= 4 is 0 Å². The highest BCUT2D eigenvalue weighted by Gasteiger charge is 1.99. The molecule has 0 N–H and O–H groups in total. The predicted octanol–water partition coefficient (Wildman–Crippen LogP) is 4.33. The Morgan fingerprint density at radius 2 is 1.35 bits per heavy atom. The zero-order valence-electron chi connectivity index (χ0n) is 11.1. The first-order chi connectivity index (χ1) is 9.92. The normalized spacial score (nSPS) is 10.2. The van der Waals surface area contributed by atoms with Crippen molar-refractivity contribution in [3.8, 4) is 16.9 Å². The molecule has 0 spiro atoms. The lowest BCUT2D eigenvalue weighted by molar-refractivity contribution is 0.306. The highest BCUT2D eigenvalue weighted by molar-refractivity contribution is 5.63. The van der Waals surface area contributed by atoms with Crippen molar-refractivity contribution in [3.63, 3.8) is 0 Å². The minimum absolute atomic E-state index is 0.593. The number of ether oxygens (including phenoxy) is 1. The van der Waals surface area contributed by atoms with Crippen LogP contribution in [-0.4, -0.2) is 4.98 Å². The summed E-state index contributed by atoms with van der Waals surface area (Å²) >= 11 is 0. The predicted molar refractivity (Wildman–Crippen MR) is 80.4 cm³/mol. The van der Waals surface area contributed by atoms with Crippen LogP contribution < -0.4 is 4.74 Å². The van der Waals surface area contributed by atoms with Crippen LogP contribution in [-0.2, 0) is 6.61 Å². The standard InChI is InChI=1S/C18H15NO/c1-2-4-15(5-3-1)14-20-18-8-6-16(7-9-18)17-10-12-19-13-11-17/h1-13H,14H2. The molecule has 2 aromatic carbocycles. The molecule has 20 heavy (non-hydrogen) atoms. The topological polar surface area (TPSA) is 22.1 Å². The van der Waals surface area contributed by atoms with Gasteiger partial charge >= 0.3 is 0 Å². The first-order valence-electron chi connectivity index (χ1n) is 6.59. The summed E-state index contributed by atoms with van der Waals surface area (Å²) in [7, 11) is 0. The van der Waals surface area contributed by atoms with E-state index in [-0.39, 0.29) is 0 Å². The minimum atomic E-state index is 0.593. The lowest BCUT2D eigenvalue weighted by Crippen LogP contribution is -1.94. The molecule has 0 aliphatic heterocycles. The Hall–Kier alpha value is -2.61. The molecular formula is C18H15NO. The Kier molecular flexibility index (Phi) is 3.74. The van der Waals surface area contributed by atoms with Gasteiger partial charge in [-0.05, 0) is 41.0 Å². The van der Waals surface area contributed by atoms with Gasteiger partial charge in [0.15, 0.2) is 0 Å². The number of hydrogen-bond acceptors (Lipinski definition) is 2. The molecule has 1 aromatic heterocycles. The zero-order chi connectivity index (χ0) is 13.6. The maximum absolute atomic E-state index is 5.77. The summed E-state index contributed by atoms with van der Waals surface area (Å²) in [6, 6.07) is 22.3. The van der Waals surface area contributed by atoms with Crippen LogP contribution in [0.2, 0.25) is 0 Å². The van der Waals surface area contributed by atoms with Crippen LogP contribution in [0.3, 0.4) is 0 Å². The van der Waals surface area contributed by atoms with Crippen molar-refractivity contribution in [2.24, 2.45) is 0 Å². The second-order valence-corrected chi connectivity index (χ2v) is 4.53. The second-order valence-electron chi connectivity index (χ2n) is 4.53. The van der Waals surface area contributed by atoms with E-state index in [1.165, 1.54) is 11.1 Å². The molecule has 0 amide bonds. The van der Waals surface area contributed by atoms with E-state index in [9.17, 15) is 0 Å². The van der Waals surface area contributed by atoms with Gasteiger partial charge in [-0.1, -0.05) is 42.5 Å². The molecule has 0 saturated heterocycles. The summed E-state index contributed by atoms with van der Waals surface area (Å²) in [4.78, 5) is 4.03. The third kappa shape index (κ3) is 3.04. The van der Waals surface area contributed by atoms with E-state index < -0.39 is 0 Å². The number of rotatable bonds is 4. The molecule has 0 saturated carbocycles. The summed E-state index contributed by atoms with van der Waals surface area (Å²) in [6.45, 7) is 0.593. The molecule has 0 atom stereocenters. The third-order valence-corrected chi connectivity index (χ3v) is 3.12. The van der Waals surface area contributed by atoms with Crippen LogP contribution >= 0.6 is 0 Å². The van der Waals surface area contributed by atoms with Crippen molar-refractivity contribution in [2.45, 2.75) is 6.61 Å². The maximum Gasteiger partial charge on any atom is 0.119 e. The number of aromatic nitrogens is 1. The summed E-state index contributed by atoms with van der Waals surface area (Å²) in [5, 5.41) is 0. The highest BCUT2D eigenvalue weighted by Crippen LogP contribution is 2.22. The zero-order valence-corrected chi connectivity index (χ0v) is 11.1. The third-order valence-electron chi connectivity index (χ3n) is 3.12. The largest absolute Gasteiger partial charge is 0.489 e. The van der Waals surface area contributed by atoms with Crippen molar-refractivity contribution in [1.29, 1.82) is 0 Å². The van der Waals surface area contributed by atoms with Crippen LogP contribution in [0.1, 0.15) is 5.56 Å². The highest BCUT2D eigenvalue weighted by atomic mass is 16.5. The molecular weight excluding hydrogens is 246 g/mol. The lowest BCUT2D eigenvalue weighted by Gasteiger charge is -2.07. The van der Waals surface area contributed by atoms with Gasteiger partial charge < -0.3 is 4.74 Å². The van der Waals surface area contributed by atoms with Crippen molar-refractivity contribution in [2.75, 3.05) is 0 Å². The monoisotopic (exact) mass is 261 g/mol. The Balaban J connectivity index is 1.68. The Bertz CT molecular complexity index is 648. The van der Waals surface area contributed by atoms with Crippen LogP contribution in [0.15, 0.2) is 79.1 Å². The number of hydrogen-bond donors (Lipinski definition) is 0. The molecule has 0 bridgehead atoms. The molecule has 2 heteroatoms.